The number of hydrogen-bond donors (Lipinski definition) is 4. The molecule has 12 nitrogen and oxygen atoms in total. The van der Waals surface area contributed by atoms with Gasteiger partial charge in [-0.15, -0.1) is 0 Å². The van der Waals surface area contributed by atoms with E-state index >= 15 is 0 Å². The topological polar surface area (TPSA) is 175 Å². The maximum Gasteiger partial charge on any atom is 0.309 e. The molecule has 1 saturated heterocycles. The van der Waals surface area contributed by atoms with Crippen LogP contribution in [0.25, 0.3) is 11.2 Å². The Balaban J connectivity index is 1.11. The number of alkyl halides is 2. The Bertz CT molecular complexity index is 1360. The number of carbonyl (C=O) groups excluding carboxylic acids is 1. The average molecular weight is 539 g/mol. The van der Waals surface area contributed by atoms with E-state index in [1.807, 2.05) is 0 Å². The monoisotopic (exact) mass is 538 g/mol. The molecule has 1 aliphatic heterocycles. The molecule has 1 aliphatic carbocycles. The van der Waals surface area contributed by atoms with Crippen LogP contribution in [0.4, 0.5) is 14.6 Å². The lowest BCUT2D eigenvalue weighted by molar-refractivity contribution is -0.226. The van der Waals surface area contributed by atoms with E-state index in [1.165, 1.54) is 30.6 Å². The highest BCUT2D eigenvalue weighted by atomic mass is 32.2. The van der Waals surface area contributed by atoms with E-state index < -0.39 is 60.0 Å². The van der Waals surface area contributed by atoms with E-state index in [1.54, 1.807) is 10.9 Å². The molecule has 0 bridgehead atoms. The molecule has 0 radical (unpaired) electrons. The van der Waals surface area contributed by atoms with Crippen molar-refractivity contribution in [3.63, 3.8) is 0 Å². The number of halogens is 2. The fraction of sp³-hybridized carbons (Fsp3) is 0.455. The van der Waals surface area contributed by atoms with Gasteiger partial charge in [0.1, 0.15) is 24.2 Å². The van der Waals surface area contributed by atoms with Gasteiger partial charge in [-0.05, 0) is 30.4 Å². The van der Waals surface area contributed by atoms with Gasteiger partial charge in [0.15, 0.2) is 17.1 Å². The first kappa shape index (κ1) is 25.5. The summed E-state index contributed by atoms with van der Waals surface area (Å²) in [4.78, 5) is 24.5. The average Bonchev–Trinajstić information content (AvgIpc) is 3.56. The quantitative estimate of drug-likeness (QED) is 0.326. The van der Waals surface area contributed by atoms with Crippen LogP contribution >= 0.6 is 0 Å². The predicted octanol–water partition coefficient (Wildman–Crippen LogP) is 1.15. The van der Waals surface area contributed by atoms with Crippen molar-refractivity contribution in [2.45, 2.75) is 55.6 Å². The number of hydrogen-bond acceptors (Lipinski definition) is 10. The maximum atomic E-state index is 14.7. The van der Waals surface area contributed by atoms with E-state index in [4.69, 9.17) is 14.7 Å². The summed E-state index contributed by atoms with van der Waals surface area (Å²) in [5.41, 5.74) is 3.77. The van der Waals surface area contributed by atoms with E-state index in [2.05, 4.69) is 19.7 Å². The number of nitrogens with two attached hydrogens (primary N) is 1. The smallest absolute Gasteiger partial charge is 0.309 e. The van der Waals surface area contributed by atoms with E-state index in [0.29, 0.717) is 24.0 Å². The molecule has 37 heavy (non-hydrogen) atoms. The SMILES string of the molecule is Nc1ncnc2c1ncn2C1CCC(COS(=O)NC(=O)CCC2(O)c3ccccc3C(O)C2(F)F)O1. The molecular formula is C22H24F2N6O6S. The molecule has 3 heterocycles. The van der Waals surface area contributed by atoms with Gasteiger partial charge in [0.25, 0.3) is 11.3 Å². The van der Waals surface area contributed by atoms with Gasteiger partial charge in [0.05, 0.1) is 19.0 Å². The first-order chi connectivity index (χ1) is 17.6. The number of amides is 1. The number of nitrogens with one attached hydrogen (secondary N) is 1. The zero-order chi connectivity index (χ0) is 26.4. The number of aliphatic hydroxyl groups excluding tert-OH is 1. The van der Waals surface area contributed by atoms with Crippen LogP contribution < -0.4 is 10.5 Å². The fourth-order valence-electron chi connectivity index (χ4n) is 4.71. The number of carbonyl (C=O) groups is 1. The molecule has 5 rings (SSSR count). The maximum absolute atomic E-state index is 14.7. The number of imidazole rings is 1. The summed E-state index contributed by atoms with van der Waals surface area (Å²) in [6.45, 7) is -0.102. The predicted molar refractivity (Wildman–Crippen MR) is 125 cm³/mol. The molecule has 1 amide bonds. The van der Waals surface area contributed by atoms with Gasteiger partial charge in [-0.3, -0.25) is 18.3 Å². The number of ether oxygens (including phenoxy) is 1. The minimum absolute atomic E-state index is 0.100. The minimum Gasteiger partial charge on any atom is -0.382 e. The number of anilines is 1. The van der Waals surface area contributed by atoms with Gasteiger partial charge in [-0.1, -0.05) is 24.3 Å². The molecule has 1 fully saturated rings. The Kier molecular flexibility index (Phi) is 6.66. The molecule has 0 saturated carbocycles. The standard InChI is InChI=1S/C22H24F2N6O6S/c23-22(24)18(32)13-3-1-2-4-14(13)21(22,33)8-7-15(31)29-37(34)35-9-12-5-6-16(36-12)30-11-28-17-19(25)26-10-27-20(17)30/h1-4,10-12,16,18,32-33H,5-9H2,(H,29,31)(H2,25,26,27). The number of aliphatic hydroxyl groups is 2. The lowest BCUT2D eigenvalue weighted by Gasteiger charge is -2.31. The largest absolute Gasteiger partial charge is 0.382 e. The third-order valence-electron chi connectivity index (χ3n) is 6.65. The third-order valence-corrected chi connectivity index (χ3v) is 7.39. The number of fused-ring (bicyclic) bond motifs is 2. The zero-order valence-electron chi connectivity index (χ0n) is 19.3. The summed E-state index contributed by atoms with van der Waals surface area (Å²) in [6.07, 6.45) is -0.273. The van der Waals surface area contributed by atoms with Gasteiger partial charge in [-0.2, -0.15) is 8.78 Å². The van der Waals surface area contributed by atoms with Crippen molar-refractivity contribution in [2.24, 2.45) is 0 Å². The van der Waals surface area contributed by atoms with E-state index in [9.17, 15) is 28.0 Å². The molecule has 2 aliphatic rings. The van der Waals surface area contributed by atoms with Crippen molar-refractivity contribution in [1.29, 1.82) is 0 Å². The van der Waals surface area contributed by atoms with Crippen molar-refractivity contribution in [2.75, 3.05) is 12.3 Å². The van der Waals surface area contributed by atoms with Gasteiger partial charge in [0.2, 0.25) is 5.91 Å². The Hall–Kier alpha value is -3.11. The number of benzene rings is 1. The van der Waals surface area contributed by atoms with Crippen LogP contribution in [0.2, 0.25) is 0 Å². The number of nitrogen functional groups attached to an aromatic ring is 1. The molecule has 2 aromatic heterocycles. The van der Waals surface area contributed by atoms with Crippen molar-refractivity contribution in [3.8, 4) is 0 Å². The summed E-state index contributed by atoms with van der Waals surface area (Å²) < 4.78 is 56.4. The van der Waals surface area contributed by atoms with Crippen molar-refractivity contribution in [1.82, 2.24) is 24.2 Å². The van der Waals surface area contributed by atoms with Crippen molar-refractivity contribution < 1.29 is 36.9 Å². The number of aromatic nitrogens is 4. The fourth-order valence-corrected chi connectivity index (χ4v) is 5.34. The molecule has 5 atom stereocenters. The molecular weight excluding hydrogens is 514 g/mol. The molecule has 3 aromatic rings. The third kappa shape index (κ3) is 4.46. The van der Waals surface area contributed by atoms with Crippen LogP contribution in [0, 0.1) is 0 Å². The lowest BCUT2D eigenvalue weighted by atomic mass is 9.88. The highest BCUT2D eigenvalue weighted by molar-refractivity contribution is 7.78. The Morgan fingerprint density at radius 2 is 2.08 bits per heavy atom. The van der Waals surface area contributed by atoms with Gasteiger partial charge in [-0.25, -0.2) is 19.2 Å². The summed E-state index contributed by atoms with van der Waals surface area (Å²) in [5.74, 6) is -4.52. The van der Waals surface area contributed by atoms with Crippen LogP contribution in [0.3, 0.4) is 0 Å². The van der Waals surface area contributed by atoms with Crippen molar-refractivity contribution >= 4 is 34.2 Å². The zero-order valence-corrected chi connectivity index (χ0v) is 20.1. The number of nitrogens with zero attached hydrogens (tertiary/aromatic N) is 4. The lowest BCUT2D eigenvalue weighted by Crippen LogP contribution is -2.44. The van der Waals surface area contributed by atoms with E-state index in [-0.39, 0.29) is 23.6 Å². The van der Waals surface area contributed by atoms with Crippen LogP contribution in [0.1, 0.15) is 49.1 Å². The summed E-state index contributed by atoms with van der Waals surface area (Å²) in [6, 6.07) is 5.50. The minimum atomic E-state index is -3.90. The second-order valence-electron chi connectivity index (χ2n) is 8.89. The normalized spacial score (nSPS) is 27.3. The Morgan fingerprint density at radius 1 is 1.30 bits per heavy atom. The first-order valence-electron chi connectivity index (χ1n) is 11.4. The second-order valence-corrected chi connectivity index (χ2v) is 9.80. The van der Waals surface area contributed by atoms with Crippen molar-refractivity contribution in [3.05, 3.63) is 48.0 Å². The molecule has 0 spiro atoms. The summed E-state index contributed by atoms with van der Waals surface area (Å²) in [7, 11) is 0. The highest BCUT2D eigenvalue weighted by Gasteiger charge is 2.64. The molecule has 5 unspecified atom stereocenters. The van der Waals surface area contributed by atoms with Gasteiger partial charge in [0, 0.05) is 6.42 Å². The van der Waals surface area contributed by atoms with Crippen LogP contribution in [-0.4, -0.2) is 58.5 Å². The van der Waals surface area contributed by atoms with Crippen LogP contribution in [0.5, 0.6) is 0 Å². The van der Waals surface area contributed by atoms with Crippen LogP contribution in [0.15, 0.2) is 36.9 Å². The van der Waals surface area contributed by atoms with Crippen LogP contribution in [-0.2, 0) is 30.6 Å². The molecule has 5 N–H and O–H groups in total. The number of rotatable bonds is 8. The Labute approximate surface area is 211 Å². The second kappa shape index (κ2) is 9.64. The summed E-state index contributed by atoms with van der Waals surface area (Å²) in [5, 5.41) is 20.7. The first-order valence-corrected chi connectivity index (χ1v) is 12.5. The molecule has 15 heteroatoms. The van der Waals surface area contributed by atoms with Gasteiger partial charge < -0.3 is 20.7 Å². The molecule has 198 valence electrons. The molecule has 1 aromatic carbocycles. The Morgan fingerprint density at radius 3 is 2.89 bits per heavy atom. The summed E-state index contributed by atoms with van der Waals surface area (Å²) >= 11 is -2.26. The van der Waals surface area contributed by atoms with Gasteiger partial charge >= 0.3 is 5.92 Å². The van der Waals surface area contributed by atoms with E-state index in [0.717, 1.165) is 0 Å². The highest BCUT2D eigenvalue weighted by Crippen LogP contribution is 2.56.